The fraction of sp³-hybridized carbons (Fsp3) is 0.818. The van der Waals surface area contributed by atoms with Gasteiger partial charge >= 0.3 is 5.97 Å². The molecule has 0 radical (unpaired) electrons. The zero-order valence-corrected chi connectivity index (χ0v) is 9.95. The minimum atomic E-state index is -1.17. The van der Waals surface area contributed by atoms with Crippen molar-refractivity contribution in [2.75, 3.05) is 6.61 Å². The molecule has 1 aliphatic rings. The van der Waals surface area contributed by atoms with E-state index in [-0.39, 0.29) is 17.9 Å². The number of ether oxygens (including phenoxy) is 1. The third-order valence-electron chi connectivity index (χ3n) is 3.03. The van der Waals surface area contributed by atoms with Gasteiger partial charge in [0.25, 0.3) is 0 Å². The first kappa shape index (κ1) is 13.0. The van der Waals surface area contributed by atoms with Gasteiger partial charge in [0.05, 0.1) is 12.0 Å². The van der Waals surface area contributed by atoms with E-state index in [1.807, 2.05) is 6.92 Å². The van der Waals surface area contributed by atoms with Crippen LogP contribution in [0.4, 0.5) is 0 Å². The number of nitrogens with one attached hydrogen (secondary N) is 1. The van der Waals surface area contributed by atoms with Crippen LogP contribution in [-0.4, -0.2) is 35.2 Å². The second kappa shape index (κ2) is 4.82. The van der Waals surface area contributed by atoms with Crippen LogP contribution >= 0.6 is 0 Å². The van der Waals surface area contributed by atoms with E-state index in [1.54, 1.807) is 6.92 Å². The van der Waals surface area contributed by atoms with Gasteiger partial charge in [0.1, 0.15) is 5.54 Å². The lowest BCUT2D eigenvalue weighted by atomic mass is 9.99. The highest BCUT2D eigenvalue weighted by atomic mass is 16.5. The Morgan fingerprint density at radius 3 is 2.56 bits per heavy atom. The lowest BCUT2D eigenvalue weighted by Crippen LogP contribution is -2.52. The molecule has 0 aromatic rings. The first-order valence-electron chi connectivity index (χ1n) is 5.61. The average Bonchev–Trinajstić information content (AvgIpc) is 2.97. The predicted molar refractivity (Wildman–Crippen MR) is 58.0 cm³/mol. The molecule has 3 unspecified atom stereocenters. The molecule has 0 heterocycles. The van der Waals surface area contributed by atoms with E-state index in [2.05, 4.69) is 5.32 Å². The van der Waals surface area contributed by atoms with Gasteiger partial charge in [-0.15, -0.1) is 0 Å². The molecule has 16 heavy (non-hydrogen) atoms. The lowest BCUT2D eigenvalue weighted by molar-refractivity contribution is -0.147. The van der Waals surface area contributed by atoms with E-state index in [4.69, 9.17) is 9.84 Å². The number of aliphatic carboxylic acids is 1. The highest BCUT2D eigenvalue weighted by Crippen LogP contribution is 2.34. The SMILES string of the molecule is CCOC1CC1C(=O)NC(C)(CC)C(=O)O. The molecule has 0 bridgehead atoms. The van der Waals surface area contributed by atoms with Crippen molar-refractivity contribution in [1.82, 2.24) is 5.32 Å². The zero-order valence-electron chi connectivity index (χ0n) is 9.95. The summed E-state index contributed by atoms with van der Waals surface area (Å²) in [6, 6.07) is 0. The normalized spacial score (nSPS) is 26.9. The quantitative estimate of drug-likeness (QED) is 0.705. The number of rotatable bonds is 6. The van der Waals surface area contributed by atoms with E-state index in [0.29, 0.717) is 19.4 Å². The van der Waals surface area contributed by atoms with Crippen LogP contribution in [0.2, 0.25) is 0 Å². The molecule has 0 saturated heterocycles. The van der Waals surface area contributed by atoms with Crippen LogP contribution in [0.1, 0.15) is 33.6 Å². The Hall–Kier alpha value is -1.10. The molecule has 1 saturated carbocycles. The smallest absolute Gasteiger partial charge is 0.329 e. The Bertz CT molecular complexity index is 292. The number of hydrogen-bond acceptors (Lipinski definition) is 3. The van der Waals surface area contributed by atoms with Crippen LogP contribution in [0.5, 0.6) is 0 Å². The van der Waals surface area contributed by atoms with Gasteiger partial charge in [-0.05, 0) is 26.7 Å². The number of carboxylic acids is 1. The van der Waals surface area contributed by atoms with Gasteiger partial charge in [-0.25, -0.2) is 4.79 Å². The summed E-state index contributed by atoms with van der Waals surface area (Å²) in [5.41, 5.74) is -1.17. The second-order valence-corrected chi connectivity index (χ2v) is 4.32. The molecule has 0 aromatic heterocycles. The number of carboxylic acid groups (broad SMARTS) is 1. The van der Waals surface area contributed by atoms with Crippen molar-refractivity contribution in [3.63, 3.8) is 0 Å². The molecule has 0 aromatic carbocycles. The van der Waals surface area contributed by atoms with Crippen molar-refractivity contribution >= 4 is 11.9 Å². The third kappa shape index (κ3) is 2.72. The molecule has 1 fully saturated rings. The van der Waals surface area contributed by atoms with Gasteiger partial charge in [0.2, 0.25) is 5.91 Å². The largest absolute Gasteiger partial charge is 0.480 e. The highest BCUT2D eigenvalue weighted by Gasteiger charge is 2.46. The van der Waals surface area contributed by atoms with Crippen molar-refractivity contribution < 1.29 is 19.4 Å². The molecule has 5 nitrogen and oxygen atoms in total. The van der Waals surface area contributed by atoms with E-state index in [0.717, 1.165) is 0 Å². The Labute approximate surface area is 95.2 Å². The molecule has 0 spiro atoms. The third-order valence-corrected chi connectivity index (χ3v) is 3.03. The second-order valence-electron chi connectivity index (χ2n) is 4.32. The summed E-state index contributed by atoms with van der Waals surface area (Å²) in [4.78, 5) is 22.7. The van der Waals surface area contributed by atoms with Gasteiger partial charge in [-0.1, -0.05) is 6.92 Å². The molecule has 1 rings (SSSR count). The summed E-state index contributed by atoms with van der Waals surface area (Å²) in [6.45, 7) is 5.71. The molecule has 3 atom stereocenters. The van der Waals surface area contributed by atoms with Crippen molar-refractivity contribution in [2.24, 2.45) is 5.92 Å². The summed E-state index contributed by atoms with van der Waals surface area (Å²) in [6.07, 6.45) is 1.03. The zero-order chi connectivity index (χ0) is 12.3. The van der Waals surface area contributed by atoms with Crippen LogP contribution in [0.3, 0.4) is 0 Å². The Balaban J connectivity index is 2.49. The summed E-state index contributed by atoms with van der Waals surface area (Å²) < 4.78 is 5.29. The fourth-order valence-electron chi connectivity index (χ4n) is 1.50. The van der Waals surface area contributed by atoms with Crippen LogP contribution in [0.25, 0.3) is 0 Å². The summed E-state index contributed by atoms with van der Waals surface area (Å²) in [5.74, 6) is -1.40. The maximum atomic E-state index is 11.7. The summed E-state index contributed by atoms with van der Waals surface area (Å²) >= 11 is 0. The molecular weight excluding hydrogens is 210 g/mol. The molecule has 0 aliphatic heterocycles. The van der Waals surface area contributed by atoms with Gasteiger partial charge in [0.15, 0.2) is 0 Å². The van der Waals surface area contributed by atoms with Crippen LogP contribution in [-0.2, 0) is 14.3 Å². The molecule has 5 heteroatoms. The van der Waals surface area contributed by atoms with Crippen molar-refractivity contribution in [3.8, 4) is 0 Å². The fourth-order valence-corrected chi connectivity index (χ4v) is 1.50. The Morgan fingerprint density at radius 2 is 2.12 bits per heavy atom. The highest BCUT2D eigenvalue weighted by molar-refractivity contribution is 5.89. The van der Waals surface area contributed by atoms with E-state index in [1.165, 1.54) is 6.92 Å². The molecule has 2 N–H and O–H groups in total. The average molecular weight is 229 g/mol. The first-order chi connectivity index (χ1) is 7.44. The minimum absolute atomic E-state index is 0.0279. The molecule has 1 amide bonds. The minimum Gasteiger partial charge on any atom is -0.480 e. The topological polar surface area (TPSA) is 75.6 Å². The lowest BCUT2D eigenvalue weighted by Gasteiger charge is -2.24. The summed E-state index contributed by atoms with van der Waals surface area (Å²) in [7, 11) is 0. The van der Waals surface area contributed by atoms with Crippen LogP contribution in [0, 0.1) is 5.92 Å². The monoisotopic (exact) mass is 229 g/mol. The van der Waals surface area contributed by atoms with Crippen LogP contribution in [0.15, 0.2) is 0 Å². The van der Waals surface area contributed by atoms with Gasteiger partial charge in [-0.3, -0.25) is 4.79 Å². The maximum Gasteiger partial charge on any atom is 0.329 e. The number of hydrogen-bond donors (Lipinski definition) is 2. The molecular formula is C11H19NO4. The maximum absolute atomic E-state index is 11.7. The summed E-state index contributed by atoms with van der Waals surface area (Å²) in [5, 5.41) is 11.6. The Kier molecular flexibility index (Phi) is 3.91. The van der Waals surface area contributed by atoms with Gasteiger partial charge in [-0.2, -0.15) is 0 Å². The predicted octanol–water partition coefficient (Wildman–Crippen LogP) is 0.781. The Morgan fingerprint density at radius 1 is 1.50 bits per heavy atom. The van der Waals surface area contributed by atoms with E-state index < -0.39 is 11.5 Å². The molecule has 1 aliphatic carbocycles. The number of carbonyl (C=O) groups excluding carboxylic acids is 1. The first-order valence-corrected chi connectivity index (χ1v) is 5.61. The number of carbonyl (C=O) groups is 2. The van der Waals surface area contributed by atoms with Crippen molar-refractivity contribution in [2.45, 2.75) is 45.3 Å². The van der Waals surface area contributed by atoms with E-state index >= 15 is 0 Å². The standard InChI is InChI=1S/C11H19NO4/c1-4-11(3,10(14)15)12-9(13)7-6-8(7)16-5-2/h7-8H,4-6H2,1-3H3,(H,12,13)(H,14,15). The van der Waals surface area contributed by atoms with Gasteiger partial charge in [0, 0.05) is 6.61 Å². The molecule has 92 valence electrons. The van der Waals surface area contributed by atoms with Crippen molar-refractivity contribution in [1.29, 1.82) is 0 Å². The number of amides is 1. The van der Waals surface area contributed by atoms with Gasteiger partial charge < -0.3 is 15.2 Å². The van der Waals surface area contributed by atoms with Crippen molar-refractivity contribution in [3.05, 3.63) is 0 Å². The van der Waals surface area contributed by atoms with Crippen LogP contribution < -0.4 is 5.32 Å². The van der Waals surface area contributed by atoms with E-state index in [9.17, 15) is 9.59 Å².